The van der Waals surface area contributed by atoms with E-state index in [1.807, 2.05) is 4.90 Å². The van der Waals surface area contributed by atoms with Crippen LogP contribution < -0.4 is 5.32 Å². The predicted octanol–water partition coefficient (Wildman–Crippen LogP) is -0.248. The zero-order chi connectivity index (χ0) is 11.5. The van der Waals surface area contributed by atoms with Crippen LogP contribution in [0.1, 0.15) is 6.42 Å². The van der Waals surface area contributed by atoms with E-state index in [-0.39, 0.29) is 23.5 Å². The Kier molecular flexibility index (Phi) is 3.78. The summed E-state index contributed by atoms with van der Waals surface area (Å²) in [6, 6.07) is 0. The van der Waals surface area contributed by atoms with Crippen LogP contribution in [0.2, 0.25) is 0 Å². The Labute approximate surface area is 103 Å². The van der Waals surface area contributed by atoms with Gasteiger partial charge >= 0.3 is 0 Å². The Morgan fingerprint density at radius 2 is 2.12 bits per heavy atom. The number of rotatable bonds is 1. The van der Waals surface area contributed by atoms with Crippen LogP contribution in [0.5, 0.6) is 0 Å². The number of nitrogens with one attached hydrogen (secondary N) is 1. The first-order valence-electron chi connectivity index (χ1n) is 5.04. The van der Waals surface area contributed by atoms with E-state index in [9.17, 15) is 9.59 Å². The molecule has 0 aromatic carbocycles. The molecule has 2 saturated heterocycles. The topological polar surface area (TPSA) is 58.6 Å². The average molecular weight is 260 g/mol. The Balaban J connectivity index is 1.86. The van der Waals surface area contributed by atoms with Crippen molar-refractivity contribution in [1.29, 1.82) is 0 Å². The number of carbonyl (C=O) groups excluding carboxylic acids is 2. The summed E-state index contributed by atoms with van der Waals surface area (Å²) < 4.78 is 5.89. The molecular formula is C9H12N2O3S2. The lowest BCUT2D eigenvalue weighted by Gasteiger charge is -2.29. The zero-order valence-electron chi connectivity index (χ0n) is 8.60. The number of nitrogens with zero attached hydrogens (tertiary/aromatic N) is 1. The number of thiocarbonyl (C=S) groups is 1. The van der Waals surface area contributed by atoms with Crippen molar-refractivity contribution < 1.29 is 14.3 Å². The molecule has 2 aliphatic rings. The summed E-state index contributed by atoms with van der Waals surface area (Å²) >= 11 is 6.54. The third kappa shape index (κ3) is 2.72. The summed E-state index contributed by atoms with van der Waals surface area (Å²) in [4.78, 5) is 24.4. The van der Waals surface area contributed by atoms with Gasteiger partial charge in [0.15, 0.2) is 0 Å². The molecule has 2 heterocycles. The first kappa shape index (κ1) is 11.8. The molecule has 2 fully saturated rings. The Morgan fingerprint density at radius 1 is 1.44 bits per heavy atom. The molecule has 0 aromatic rings. The minimum absolute atomic E-state index is 0.215. The SMILES string of the molecule is O=C1C[C@@H](SC(=S)N2CCOCC2)C(=O)N1. The van der Waals surface area contributed by atoms with Crippen molar-refractivity contribution in [3.8, 4) is 0 Å². The number of morpholine rings is 1. The largest absolute Gasteiger partial charge is 0.378 e. The van der Waals surface area contributed by atoms with Crippen molar-refractivity contribution in [1.82, 2.24) is 10.2 Å². The second-order valence-electron chi connectivity index (χ2n) is 3.59. The van der Waals surface area contributed by atoms with Gasteiger partial charge in [0.25, 0.3) is 0 Å². The second-order valence-corrected chi connectivity index (χ2v) is 5.42. The molecule has 88 valence electrons. The monoisotopic (exact) mass is 260 g/mol. The van der Waals surface area contributed by atoms with E-state index in [0.29, 0.717) is 17.5 Å². The smallest absolute Gasteiger partial charge is 0.240 e. The first-order chi connectivity index (χ1) is 7.66. The number of carbonyl (C=O) groups is 2. The molecule has 0 bridgehead atoms. The summed E-state index contributed by atoms with van der Waals surface area (Å²) in [7, 11) is 0. The molecule has 0 radical (unpaired) electrons. The van der Waals surface area contributed by atoms with E-state index in [0.717, 1.165) is 13.1 Å². The molecule has 2 amide bonds. The minimum atomic E-state index is -0.358. The number of thioether (sulfide) groups is 1. The van der Waals surface area contributed by atoms with Crippen molar-refractivity contribution in [3.05, 3.63) is 0 Å². The molecule has 0 aliphatic carbocycles. The maximum Gasteiger partial charge on any atom is 0.240 e. The summed E-state index contributed by atoms with van der Waals surface area (Å²) in [5, 5.41) is 1.92. The van der Waals surface area contributed by atoms with E-state index < -0.39 is 0 Å². The highest BCUT2D eigenvalue weighted by atomic mass is 32.2. The fourth-order valence-electron chi connectivity index (χ4n) is 1.57. The maximum atomic E-state index is 11.3. The lowest BCUT2D eigenvalue weighted by Crippen LogP contribution is -2.39. The molecule has 0 aromatic heterocycles. The highest BCUT2D eigenvalue weighted by molar-refractivity contribution is 8.23. The van der Waals surface area contributed by atoms with Crippen LogP contribution >= 0.6 is 24.0 Å². The molecule has 2 aliphatic heterocycles. The van der Waals surface area contributed by atoms with Crippen molar-refractivity contribution in [2.75, 3.05) is 26.3 Å². The lowest BCUT2D eigenvalue weighted by atomic mass is 10.4. The Morgan fingerprint density at radius 3 is 2.69 bits per heavy atom. The fraction of sp³-hybridized carbons (Fsp3) is 0.667. The third-order valence-electron chi connectivity index (χ3n) is 2.44. The molecule has 1 N–H and O–H groups in total. The molecule has 0 spiro atoms. The van der Waals surface area contributed by atoms with E-state index in [4.69, 9.17) is 17.0 Å². The quantitative estimate of drug-likeness (QED) is 0.518. The van der Waals surface area contributed by atoms with Crippen molar-refractivity contribution in [3.63, 3.8) is 0 Å². The maximum absolute atomic E-state index is 11.3. The molecule has 0 saturated carbocycles. The van der Waals surface area contributed by atoms with Crippen LogP contribution in [0.4, 0.5) is 0 Å². The highest BCUT2D eigenvalue weighted by Crippen LogP contribution is 2.23. The zero-order valence-corrected chi connectivity index (χ0v) is 10.2. The second kappa shape index (κ2) is 5.11. The molecular weight excluding hydrogens is 248 g/mol. The summed E-state index contributed by atoms with van der Waals surface area (Å²) in [5.41, 5.74) is 0. The van der Waals surface area contributed by atoms with Crippen molar-refractivity contribution in [2.24, 2.45) is 0 Å². The van der Waals surface area contributed by atoms with Gasteiger partial charge in [-0.25, -0.2) is 0 Å². The highest BCUT2D eigenvalue weighted by Gasteiger charge is 2.33. The third-order valence-corrected chi connectivity index (χ3v) is 4.11. The van der Waals surface area contributed by atoms with Crippen LogP contribution in [0.25, 0.3) is 0 Å². The average Bonchev–Trinajstić information content (AvgIpc) is 2.59. The summed E-state index contributed by atoms with van der Waals surface area (Å²) in [6.45, 7) is 2.84. The fourth-order valence-corrected chi connectivity index (χ4v) is 3.07. The van der Waals surface area contributed by atoms with Gasteiger partial charge in [0, 0.05) is 19.5 Å². The Hall–Kier alpha value is -0.660. The first-order valence-corrected chi connectivity index (χ1v) is 6.32. The number of ether oxygens (including phenoxy) is 1. The van der Waals surface area contributed by atoms with E-state index in [1.165, 1.54) is 11.8 Å². The minimum Gasteiger partial charge on any atom is -0.378 e. The summed E-state index contributed by atoms with van der Waals surface area (Å²) in [5.74, 6) is -0.446. The molecule has 1 atom stereocenters. The van der Waals surface area contributed by atoms with Crippen LogP contribution in [0, 0.1) is 0 Å². The molecule has 5 nitrogen and oxygen atoms in total. The number of hydrogen-bond donors (Lipinski definition) is 1. The molecule has 0 unspecified atom stereocenters. The molecule has 16 heavy (non-hydrogen) atoms. The van der Waals surface area contributed by atoms with Crippen LogP contribution in [0.3, 0.4) is 0 Å². The lowest BCUT2D eigenvalue weighted by molar-refractivity contribution is -0.124. The van der Waals surface area contributed by atoms with Crippen molar-refractivity contribution in [2.45, 2.75) is 11.7 Å². The van der Waals surface area contributed by atoms with Gasteiger partial charge in [0.2, 0.25) is 11.8 Å². The van der Waals surface area contributed by atoms with Crippen LogP contribution in [-0.2, 0) is 14.3 Å². The van der Waals surface area contributed by atoms with Crippen molar-refractivity contribution >= 4 is 40.1 Å². The van der Waals surface area contributed by atoms with Gasteiger partial charge in [0.1, 0.15) is 4.32 Å². The van der Waals surface area contributed by atoms with Gasteiger partial charge in [-0.3, -0.25) is 14.9 Å². The van der Waals surface area contributed by atoms with Gasteiger partial charge in [-0.2, -0.15) is 0 Å². The van der Waals surface area contributed by atoms with Gasteiger partial charge in [0.05, 0.1) is 18.5 Å². The molecule has 2 rings (SSSR count). The van der Waals surface area contributed by atoms with Gasteiger partial charge in [-0.05, 0) is 0 Å². The van der Waals surface area contributed by atoms with Crippen LogP contribution in [-0.4, -0.2) is 52.6 Å². The number of hydrogen-bond acceptors (Lipinski definition) is 5. The van der Waals surface area contributed by atoms with Gasteiger partial charge < -0.3 is 9.64 Å². The molecule has 7 heteroatoms. The predicted molar refractivity (Wildman–Crippen MR) is 64.1 cm³/mol. The van der Waals surface area contributed by atoms with E-state index >= 15 is 0 Å². The standard InChI is InChI=1S/C9H12N2O3S2/c12-7-5-6(8(13)10-7)16-9(15)11-1-3-14-4-2-11/h6H,1-5H2,(H,10,12,13)/t6-/m1/s1. The van der Waals surface area contributed by atoms with E-state index in [1.54, 1.807) is 0 Å². The number of imide groups is 1. The normalized spacial score (nSPS) is 25.8. The van der Waals surface area contributed by atoms with Crippen LogP contribution in [0.15, 0.2) is 0 Å². The van der Waals surface area contributed by atoms with E-state index in [2.05, 4.69) is 5.32 Å². The van der Waals surface area contributed by atoms with Gasteiger partial charge in [-0.1, -0.05) is 24.0 Å². The Bertz CT molecular complexity index is 329. The summed E-state index contributed by atoms with van der Waals surface area (Å²) in [6.07, 6.45) is 0.230. The van der Waals surface area contributed by atoms with Gasteiger partial charge in [-0.15, -0.1) is 0 Å². The number of amides is 2.